The summed E-state index contributed by atoms with van der Waals surface area (Å²) in [5, 5.41) is 1.17. The van der Waals surface area contributed by atoms with Crippen molar-refractivity contribution in [1.82, 2.24) is 9.97 Å². The van der Waals surface area contributed by atoms with Crippen molar-refractivity contribution in [3.8, 4) is 0 Å². The second-order valence-corrected chi connectivity index (χ2v) is 6.55. The topological polar surface area (TPSA) is 25.8 Å². The van der Waals surface area contributed by atoms with Crippen molar-refractivity contribution < 1.29 is 0 Å². The summed E-state index contributed by atoms with van der Waals surface area (Å²) in [4.78, 5) is 8.87. The first-order valence-electron chi connectivity index (χ1n) is 5.90. The van der Waals surface area contributed by atoms with E-state index in [4.69, 9.17) is 11.6 Å². The molecule has 0 saturated heterocycles. The molecule has 0 radical (unpaired) electrons. The van der Waals surface area contributed by atoms with E-state index in [9.17, 15) is 0 Å². The normalized spacial score (nSPS) is 12.8. The summed E-state index contributed by atoms with van der Waals surface area (Å²) >= 11 is 11.4. The average molecular weight is 338 g/mol. The molecular formula is C12H18BrClN2S. The predicted molar refractivity (Wildman–Crippen MR) is 79.8 cm³/mol. The fraction of sp³-hybridized carbons (Fsp3) is 0.667. The molecule has 96 valence electrons. The van der Waals surface area contributed by atoms with Gasteiger partial charge in [0.2, 0.25) is 0 Å². The van der Waals surface area contributed by atoms with Crippen LogP contribution in [0.4, 0.5) is 0 Å². The second kappa shape index (κ2) is 7.59. The fourth-order valence-corrected chi connectivity index (χ4v) is 2.69. The maximum absolute atomic E-state index is 6.10. The molecule has 0 aromatic carbocycles. The minimum Gasteiger partial charge on any atom is -0.236 e. The van der Waals surface area contributed by atoms with Gasteiger partial charge in [-0.25, -0.2) is 9.97 Å². The highest BCUT2D eigenvalue weighted by Gasteiger charge is 2.11. The lowest BCUT2D eigenvalue weighted by Crippen LogP contribution is -2.02. The van der Waals surface area contributed by atoms with Crippen LogP contribution in [-0.2, 0) is 12.2 Å². The van der Waals surface area contributed by atoms with E-state index >= 15 is 0 Å². The van der Waals surface area contributed by atoms with E-state index in [1.807, 2.05) is 11.8 Å². The molecular weight excluding hydrogens is 320 g/mol. The van der Waals surface area contributed by atoms with Gasteiger partial charge in [0.1, 0.15) is 11.0 Å². The van der Waals surface area contributed by atoms with Crippen LogP contribution in [0.3, 0.4) is 0 Å². The first-order chi connectivity index (χ1) is 8.08. The standard InChI is InChI=1S/C12H18BrClN2S/c1-4-6-9-11(13)12(14)16-10(15-9)7-17-8(3)5-2/h8H,4-7H2,1-3H3. The van der Waals surface area contributed by atoms with Crippen molar-refractivity contribution >= 4 is 39.3 Å². The highest BCUT2D eigenvalue weighted by molar-refractivity contribution is 9.10. The van der Waals surface area contributed by atoms with Gasteiger partial charge in [-0.1, -0.05) is 38.8 Å². The van der Waals surface area contributed by atoms with Gasteiger partial charge in [0.15, 0.2) is 0 Å². The zero-order chi connectivity index (χ0) is 12.8. The Morgan fingerprint density at radius 3 is 2.65 bits per heavy atom. The summed E-state index contributed by atoms with van der Waals surface area (Å²) in [7, 11) is 0. The van der Waals surface area contributed by atoms with Crippen LogP contribution in [-0.4, -0.2) is 15.2 Å². The highest BCUT2D eigenvalue weighted by atomic mass is 79.9. The summed E-state index contributed by atoms with van der Waals surface area (Å²) < 4.78 is 0.846. The Morgan fingerprint density at radius 2 is 2.06 bits per heavy atom. The molecule has 0 spiro atoms. The average Bonchev–Trinajstić information content (AvgIpc) is 2.32. The summed E-state index contributed by atoms with van der Waals surface area (Å²) in [6, 6.07) is 0. The van der Waals surface area contributed by atoms with Crippen LogP contribution in [0, 0.1) is 0 Å². The minimum absolute atomic E-state index is 0.531. The van der Waals surface area contributed by atoms with E-state index in [2.05, 4.69) is 46.7 Å². The van der Waals surface area contributed by atoms with Crippen LogP contribution in [0.2, 0.25) is 5.15 Å². The predicted octanol–water partition coefficient (Wildman–Crippen LogP) is 4.88. The lowest BCUT2D eigenvalue weighted by Gasteiger charge is -2.10. The minimum atomic E-state index is 0.531. The molecule has 1 aromatic rings. The fourth-order valence-electron chi connectivity index (χ4n) is 1.31. The maximum Gasteiger partial charge on any atom is 0.147 e. The highest BCUT2D eigenvalue weighted by Crippen LogP contribution is 2.26. The molecule has 0 saturated carbocycles. The molecule has 0 fully saturated rings. The van der Waals surface area contributed by atoms with Gasteiger partial charge in [-0.3, -0.25) is 0 Å². The first kappa shape index (κ1) is 15.3. The summed E-state index contributed by atoms with van der Waals surface area (Å²) in [6.07, 6.45) is 3.16. The molecule has 0 aliphatic rings. The number of halogens is 2. The number of thioether (sulfide) groups is 1. The van der Waals surface area contributed by atoms with Gasteiger partial charge in [0.25, 0.3) is 0 Å². The Labute approximate surface area is 121 Å². The van der Waals surface area contributed by atoms with E-state index in [1.165, 1.54) is 0 Å². The smallest absolute Gasteiger partial charge is 0.147 e. The van der Waals surface area contributed by atoms with Gasteiger partial charge in [-0.15, -0.1) is 0 Å². The van der Waals surface area contributed by atoms with Gasteiger partial charge in [-0.2, -0.15) is 11.8 Å². The Kier molecular flexibility index (Phi) is 6.82. The van der Waals surface area contributed by atoms with Crippen molar-refractivity contribution in [3.05, 3.63) is 21.1 Å². The quantitative estimate of drug-likeness (QED) is 0.692. The molecule has 0 aliphatic heterocycles. The van der Waals surface area contributed by atoms with Crippen LogP contribution in [0.15, 0.2) is 4.47 Å². The Balaban J connectivity index is 2.79. The second-order valence-electron chi connectivity index (χ2n) is 3.97. The third-order valence-electron chi connectivity index (χ3n) is 2.48. The molecule has 1 unspecified atom stereocenters. The van der Waals surface area contributed by atoms with Crippen molar-refractivity contribution in [3.63, 3.8) is 0 Å². The van der Waals surface area contributed by atoms with Crippen LogP contribution in [0.25, 0.3) is 0 Å². The first-order valence-corrected chi connectivity index (χ1v) is 8.12. The van der Waals surface area contributed by atoms with Gasteiger partial charge >= 0.3 is 0 Å². The molecule has 1 heterocycles. The van der Waals surface area contributed by atoms with Crippen molar-refractivity contribution in [2.75, 3.05) is 0 Å². The molecule has 1 aromatic heterocycles. The maximum atomic E-state index is 6.10. The molecule has 1 rings (SSSR count). The van der Waals surface area contributed by atoms with Crippen molar-refractivity contribution in [1.29, 1.82) is 0 Å². The molecule has 17 heavy (non-hydrogen) atoms. The lowest BCUT2D eigenvalue weighted by molar-refractivity contribution is 0.843. The number of hydrogen-bond donors (Lipinski definition) is 0. The number of nitrogens with zero attached hydrogens (tertiary/aromatic N) is 2. The van der Waals surface area contributed by atoms with Crippen molar-refractivity contribution in [2.45, 2.75) is 51.0 Å². The summed E-state index contributed by atoms with van der Waals surface area (Å²) in [6.45, 7) is 6.55. The van der Waals surface area contributed by atoms with Crippen LogP contribution >= 0.6 is 39.3 Å². The monoisotopic (exact) mass is 336 g/mol. The third-order valence-corrected chi connectivity index (χ3v) is 5.15. The van der Waals surface area contributed by atoms with Gasteiger partial charge in [-0.05, 0) is 28.8 Å². The van der Waals surface area contributed by atoms with Gasteiger partial charge in [0, 0.05) is 5.25 Å². The molecule has 5 heteroatoms. The van der Waals surface area contributed by atoms with E-state index in [1.54, 1.807) is 0 Å². The van der Waals surface area contributed by atoms with E-state index < -0.39 is 0 Å². The number of aryl methyl sites for hydroxylation is 1. The molecule has 1 atom stereocenters. The largest absolute Gasteiger partial charge is 0.236 e. The van der Waals surface area contributed by atoms with Crippen LogP contribution in [0.1, 0.15) is 45.1 Å². The molecule has 2 nitrogen and oxygen atoms in total. The number of rotatable bonds is 6. The van der Waals surface area contributed by atoms with E-state index in [0.29, 0.717) is 10.4 Å². The molecule has 0 N–H and O–H groups in total. The Bertz CT molecular complexity index is 374. The summed E-state index contributed by atoms with van der Waals surface area (Å²) in [5.41, 5.74) is 1.02. The number of aromatic nitrogens is 2. The Morgan fingerprint density at radius 1 is 1.35 bits per heavy atom. The van der Waals surface area contributed by atoms with Crippen LogP contribution < -0.4 is 0 Å². The zero-order valence-electron chi connectivity index (χ0n) is 10.5. The molecule has 0 amide bonds. The third kappa shape index (κ3) is 4.76. The van der Waals surface area contributed by atoms with Crippen molar-refractivity contribution in [2.24, 2.45) is 0 Å². The molecule has 0 bridgehead atoms. The number of hydrogen-bond acceptors (Lipinski definition) is 3. The SMILES string of the molecule is CCCc1nc(CSC(C)CC)nc(Cl)c1Br. The van der Waals surface area contributed by atoms with Gasteiger partial charge in [0.05, 0.1) is 15.9 Å². The van der Waals surface area contributed by atoms with E-state index in [0.717, 1.165) is 41.0 Å². The van der Waals surface area contributed by atoms with Crippen LogP contribution in [0.5, 0.6) is 0 Å². The Hall–Kier alpha value is 0.200. The van der Waals surface area contributed by atoms with E-state index in [-0.39, 0.29) is 0 Å². The summed E-state index contributed by atoms with van der Waals surface area (Å²) in [5.74, 6) is 1.67. The molecule has 0 aliphatic carbocycles. The van der Waals surface area contributed by atoms with Gasteiger partial charge < -0.3 is 0 Å². The lowest BCUT2D eigenvalue weighted by atomic mass is 10.2. The zero-order valence-corrected chi connectivity index (χ0v) is 13.6.